The number of primary amides is 1. The zero-order valence-electron chi connectivity index (χ0n) is 9.93. The summed E-state index contributed by atoms with van der Waals surface area (Å²) in [5.74, 6) is -0.690. The number of amides is 1. The number of fused-ring (bicyclic) bond motifs is 1. The Balaban J connectivity index is 2.97. The molecule has 90 valence electrons. The van der Waals surface area contributed by atoms with Crippen molar-refractivity contribution in [2.45, 2.75) is 0 Å². The lowest BCUT2D eigenvalue weighted by Gasteiger charge is -2.25. The first-order valence-electron chi connectivity index (χ1n) is 5.07. The molecular formula is C11H14N3O2S+. The van der Waals surface area contributed by atoms with Gasteiger partial charge in [0.1, 0.15) is 5.56 Å². The molecule has 1 amide bonds. The predicted octanol–water partition coefficient (Wildman–Crippen LogP) is 0.490. The monoisotopic (exact) mass is 252 g/mol. The molecule has 2 rings (SSSR count). The van der Waals surface area contributed by atoms with Gasteiger partial charge in [-0.15, -0.1) is 16.0 Å². The van der Waals surface area contributed by atoms with E-state index in [2.05, 4.69) is 0 Å². The Morgan fingerprint density at radius 3 is 2.59 bits per heavy atom. The molecule has 0 atom stereocenters. The molecule has 0 spiro atoms. The van der Waals surface area contributed by atoms with Crippen molar-refractivity contribution in [3.05, 3.63) is 33.4 Å². The van der Waals surface area contributed by atoms with Crippen LogP contribution in [0.5, 0.6) is 0 Å². The number of carbonyl (C=O) groups excluding carboxylic acids is 1. The summed E-state index contributed by atoms with van der Waals surface area (Å²) >= 11 is 1.47. The van der Waals surface area contributed by atoms with Crippen molar-refractivity contribution in [1.82, 2.24) is 9.27 Å². The van der Waals surface area contributed by atoms with Crippen LogP contribution in [-0.2, 0) is 0 Å². The Hall–Kier alpha value is -1.66. The van der Waals surface area contributed by atoms with Crippen molar-refractivity contribution in [2.75, 3.05) is 21.1 Å². The molecule has 0 aliphatic rings. The summed E-state index contributed by atoms with van der Waals surface area (Å²) < 4.78 is 1.86. The standard InChI is InChI=1S/C11H13N3O2S/c1-14(2,3)13-10(16)8(9(12)15)6-7-4-5-17-11(7)13/h4-6H,1-3H3,(H-,12,15)/p+1. The van der Waals surface area contributed by atoms with Crippen LogP contribution in [0.3, 0.4) is 0 Å². The zero-order valence-corrected chi connectivity index (χ0v) is 10.7. The second-order valence-corrected chi connectivity index (χ2v) is 5.56. The molecule has 0 bridgehead atoms. The average Bonchev–Trinajstić information content (AvgIpc) is 2.60. The minimum absolute atomic E-state index is 0.0314. The number of thiophene rings is 1. The topological polar surface area (TPSA) is 65.1 Å². The number of aromatic nitrogens is 1. The van der Waals surface area contributed by atoms with Gasteiger partial charge in [-0.2, -0.15) is 0 Å². The first-order chi connectivity index (χ1) is 7.82. The van der Waals surface area contributed by atoms with E-state index in [1.807, 2.05) is 32.6 Å². The van der Waals surface area contributed by atoms with E-state index in [0.29, 0.717) is 0 Å². The summed E-state index contributed by atoms with van der Waals surface area (Å²) in [5, 5.41) is 2.75. The van der Waals surface area contributed by atoms with Gasteiger partial charge in [0.05, 0.1) is 21.1 Å². The van der Waals surface area contributed by atoms with Crippen LogP contribution in [0.2, 0.25) is 0 Å². The van der Waals surface area contributed by atoms with E-state index in [0.717, 1.165) is 10.2 Å². The third kappa shape index (κ3) is 1.85. The zero-order chi connectivity index (χ0) is 12.8. The van der Waals surface area contributed by atoms with Gasteiger partial charge in [-0.05, 0) is 17.5 Å². The maximum atomic E-state index is 12.2. The van der Waals surface area contributed by atoms with Gasteiger partial charge in [0.2, 0.25) is 0 Å². The van der Waals surface area contributed by atoms with Crippen molar-refractivity contribution in [3.63, 3.8) is 0 Å². The minimum Gasteiger partial charge on any atom is -0.365 e. The van der Waals surface area contributed by atoms with Gasteiger partial charge in [0.15, 0.2) is 4.83 Å². The molecule has 0 saturated heterocycles. The summed E-state index contributed by atoms with van der Waals surface area (Å²) in [6.45, 7) is 0. The number of rotatable bonds is 2. The van der Waals surface area contributed by atoms with Gasteiger partial charge in [0, 0.05) is 5.39 Å². The summed E-state index contributed by atoms with van der Waals surface area (Å²) in [6.07, 6.45) is 0. The Kier molecular flexibility index (Phi) is 2.56. The van der Waals surface area contributed by atoms with E-state index in [4.69, 9.17) is 5.73 Å². The predicted molar refractivity (Wildman–Crippen MR) is 69.9 cm³/mol. The van der Waals surface area contributed by atoms with Crippen LogP contribution >= 0.6 is 11.3 Å². The van der Waals surface area contributed by atoms with E-state index in [1.165, 1.54) is 11.3 Å². The second kappa shape index (κ2) is 3.68. The van der Waals surface area contributed by atoms with Crippen LogP contribution in [0.1, 0.15) is 10.4 Å². The number of pyridine rings is 1. The van der Waals surface area contributed by atoms with Gasteiger partial charge in [-0.25, -0.2) is 4.59 Å². The Labute approximate surface area is 102 Å². The van der Waals surface area contributed by atoms with E-state index >= 15 is 0 Å². The van der Waals surface area contributed by atoms with E-state index in [-0.39, 0.29) is 15.7 Å². The van der Waals surface area contributed by atoms with E-state index < -0.39 is 5.91 Å². The van der Waals surface area contributed by atoms with Gasteiger partial charge in [-0.3, -0.25) is 9.59 Å². The molecule has 2 N–H and O–H groups in total. The van der Waals surface area contributed by atoms with Crippen LogP contribution in [-0.4, -0.2) is 31.7 Å². The molecule has 0 aliphatic carbocycles. The van der Waals surface area contributed by atoms with Gasteiger partial charge in [0.25, 0.3) is 5.91 Å². The lowest BCUT2D eigenvalue weighted by Crippen LogP contribution is -2.53. The van der Waals surface area contributed by atoms with E-state index in [1.54, 1.807) is 10.7 Å². The highest BCUT2D eigenvalue weighted by Gasteiger charge is 2.22. The van der Waals surface area contributed by atoms with Gasteiger partial charge >= 0.3 is 5.56 Å². The lowest BCUT2D eigenvalue weighted by atomic mass is 10.2. The first-order valence-corrected chi connectivity index (χ1v) is 5.95. The fourth-order valence-electron chi connectivity index (χ4n) is 1.74. The first kappa shape index (κ1) is 11.8. The quantitative estimate of drug-likeness (QED) is 0.791. The molecule has 0 radical (unpaired) electrons. The third-order valence-electron chi connectivity index (χ3n) is 2.45. The van der Waals surface area contributed by atoms with Crippen LogP contribution in [0.15, 0.2) is 22.3 Å². The summed E-state index contributed by atoms with van der Waals surface area (Å²) in [4.78, 5) is 24.3. The highest BCUT2D eigenvalue weighted by atomic mass is 32.1. The van der Waals surface area contributed by atoms with Gasteiger partial charge in [-0.1, -0.05) is 0 Å². The summed E-state index contributed by atoms with van der Waals surface area (Å²) in [7, 11) is 5.60. The average molecular weight is 252 g/mol. The highest BCUT2D eigenvalue weighted by molar-refractivity contribution is 7.16. The Bertz CT molecular complexity index is 649. The van der Waals surface area contributed by atoms with Crippen molar-refractivity contribution in [2.24, 2.45) is 5.73 Å². The molecular weight excluding hydrogens is 238 g/mol. The van der Waals surface area contributed by atoms with E-state index in [9.17, 15) is 9.59 Å². The maximum absolute atomic E-state index is 12.2. The minimum atomic E-state index is -0.690. The fourth-order valence-corrected chi connectivity index (χ4v) is 2.77. The molecule has 2 heterocycles. The second-order valence-electron chi connectivity index (χ2n) is 4.66. The normalized spacial score (nSPS) is 11.9. The largest absolute Gasteiger partial charge is 0.365 e. The third-order valence-corrected chi connectivity index (χ3v) is 3.36. The number of hydrogen-bond acceptors (Lipinski definition) is 3. The molecule has 0 aromatic carbocycles. The smallest absolute Gasteiger partial charge is 0.310 e. The van der Waals surface area contributed by atoms with Crippen molar-refractivity contribution in [1.29, 1.82) is 0 Å². The molecule has 6 heteroatoms. The number of nitrogens with zero attached hydrogens (tertiary/aromatic N) is 2. The highest BCUT2D eigenvalue weighted by Crippen LogP contribution is 2.20. The SMILES string of the molecule is C[N+](C)(C)n1c(=O)c(C(N)=O)cc2ccsc21. The van der Waals surface area contributed by atoms with Crippen LogP contribution in [0.4, 0.5) is 0 Å². The number of nitrogens with two attached hydrogens (primary N) is 1. The molecule has 5 nitrogen and oxygen atoms in total. The molecule has 0 fully saturated rings. The van der Waals surface area contributed by atoms with Crippen molar-refractivity contribution >= 4 is 27.5 Å². The maximum Gasteiger partial charge on any atom is 0.310 e. The van der Waals surface area contributed by atoms with Gasteiger partial charge < -0.3 is 5.73 Å². The van der Waals surface area contributed by atoms with Crippen molar-refractivity contribution in [3.8, 4) is 0 Å². The summed E-state index contributed by atoms with van der Waals surface area (Å²) in [6, 6.07) is 3.43. The fraction of sp³-hybridized carbons (Fsp3) is 0.273. The number of quaternary nitrogens is 1. The van der Waals surface area contributed by atoms with Crippen LogP contribution in [0, 0.1) is 0 Å². The molecule has 2 aromatic heterocycles. The lowest BCUT2D eigenvalue weighted by molar-refractivity contribution is 0.0997. The Morgan fingerprint density at radius 2 is 2.06 bits per heavy atom. The Morgan fingerprint density at radius 1 is 1.41 bits per heavy atom. The number of carbonyl (C=O) groups is 1. The molecule has 0 saturated carbocycles. The molecule has 2 aromatic rings. The van der Waals surface area contributed by atoms with Crippen molar-refractivity contribution < 1.29 is 4.79 Å². The molecule has 0 unspecified atom stereocenters. The summed E-state index contributed by atoms with van der Waals surface area (Å²) in [5.41, 5.74) is 4.91. The molecule has 0 aliphatic heterocycles. The van der Waals surface area contributed by atoms with Crippen LogP contribution < -0.4 is 15.9 Å². The van der Waals surface area contributed by atoms with Crippen LogP contribution in [0.25, 0.3) is 10.2 Å². The number of hydrogen-bond donors (Lipinski definition) is 1. The molecule has 17 heavy (non-hydrogen) atoms.